The Morgan fingerprint density at radius 1 is 1.58 bits per heavy atom. The third kappa shape index (κ3) is 3.30. The maximum Gasteiger partial charge on any atom is 0.329 e. The largest absolute Gasteiger partial charge is 0.384 e. The Hall–Kier alpha value is -1.47. The Balaban J connectivity index is 2.14. The molecule has 1 aliphatic rings. The number of methoxy groups -OCH3 is 1. The number of aromatic nitrogens is 2. The Morgan fingerprint density at radius 3 is 2.84 bits per heavy atom. The standard InChI is InChI=1S/C11H15ClN4O3/c1-19-7-8-2-4-15(5-3-8)10-9(16(17)18)6-13-11(12)14-10/h6,8H,2-5,7H2,1H3. The van der Waals surface area contributed by atoms with Crippen molar-refractivity contribution in [3.63, 3.8) is 0 Å². The normalized spacial score (nSPS) is 16.6. The lowest BCUT2D eigenvalue weighted by atomic mass is 9.98. The van der Waals surface area contributed by atoms with Crippen LogP contribution in [0.1, 0.15) is 12.8 Å². The van der Waals surface area contributed by atoms with Crippen LogP contribution in [0.3, 0.4) is 0 Å². The molecular weight excluding hydrogens is 272 g/mol. The van der Waals surface area contributed by atoms with E-state index < -0.39 is 4.92 Å². The molecule has 1 aromatic rings. The summed E-state index contributed by atoms with van der Waals surface area (Å²) >= 11 is 5.73. The van der Waals surface area contributed by atoms with Gasteiger partial charge in [-0.2, -0.15) is 4.98 Å². The smallest absolute Gasteiger partial charge is 0.329 e. The first-order valence-corrected chi connectivity index (χ1v) is 6.40. The Kier molecular flexibility index (Phi) is 4.49. The van der Waals surface area contributed by atoms with E-state index >= 15 is 0 Å². The third-order valence-electron chi connectivity index (χ3n) is 3.23. The summed E-state index contributed by atoms with van der Waals surface area (Å²) in [7, 11) is 1.68. The van der Waals surface area contributed by atoms with Gasteiger partial charge in [-0.15, -0.1) is 0 Å². The number of piperidine rings is 1. The summed E-state index contributed by atoms with van der Waals surface area (Å²) in [5, 5.41) is 11.0. The van der Waals surface area contributed by atoms with E-state index in [1.54, 1.807) is 7.11 Å². The summed E-state index contributed by atoms with van der Waals surface area (Å²) in [5.41, 5.74) is -0.102. The number of hydrogen-bond donors (Lipinski definition) is 0. The second-order valence-corrected chi connectivity index (χ2v) is 4.83. The van der Waals surface area contributed by atoms with E-state index in [9.17, 15) is 10.1 Å². The van der Waals surface area contributed by atoms with Gasteiger partial charge in [0.25, 0.3) is 0 Å². The highest BCUT2D eigenvalue weighted by molar-refractivity contribution is 6.28. The maximum absolute atomic E-state index is 11.0. The summed E-state index contributed by atoms with van der Waals surface area (Å²) < 4.78 is 5.13. The number of nitrogens with zero attached hydrogens (tertiary/aromatic N) is 4. The van der Waals surface area contributed by atoms with Crippen molar-refractivity contribution < 1.29 is 9.66 Å². The highest BCUT2D eigenvalue weighted by Crippen LogP contribution is 2.29. The minimum Gasteiger partial charge on any atom is -0.384 e. The number of halogens is 1. The quantitative estimate of drug-likeness (QED) is 0.478. The van der Waals surface area contributed by atoms with Crippen LogP contribution in [0.25, 0.3) is 0 Å². The van der Waals surface area contributed by atoms with Gasteiger partial charge in [-0.05, 0) is 30.4 Å². The topological polar surface area (TPSA) is 81.4 Å². The summed E-state index contributed by atoms with van der Waals surface area (Å²) in [5.74, 6) is 0.804. The lowest BCUT2D eigenvalue weighted by Gasteiger charge is -2.31. The molecule has 1 saturated heterocycles. The molecule has 2 heterocycles. The molecule has 7 nitrogen and oxygen atoms in total. The van der Waals surface area contributed by atoms with Crippen molar-refractivity contribution >= 4 is 23.1 Å². The van der Waals surface area contributed by atoms with Crippen LogP contribution in [-0.4, -0.2) is 41.7 Å². The fraction of sp³-hybridized carbons (Fsp3) is 0.636. The first kappa shape index (κ1) is 14.0. The van der Waals surface area contributed by atoms with Crippen LogP contribution in [0.2, 0.25) is 5.28 Å². The fourth-order valence-corrected chi connectivity index (χ4v) is 2.38. The summed E-state index contributed by atoms with van der Waals surface area (Å²) in [6, 6.07) is 0. The SMILES string of the molecule is COCC1CCN(c2nc(Cl)ncc2[N+](=O)[O-])CC1. The van der Waals surface area contributed by atoms with Gasteiger partial charge in [-0.25, -0.2) is 4.98 Å². The van der Waals surface area contributed by atoms with Crippen molar-refractivity contribution in [2.75, 3.05) is 31.7 Å². The van der Waals surface area contributed by atoms with Crippen molar-refractivity contribution in [2.24, 2.45) is 5.92 Å². The van der Waals surface area contributed by atoms with Crippen molar-refractivity contribution in [1.29, 1.82) is 0 Å². The van der Waals surface area contributed by atoms with Crippen LogP contribution in [0.15, 0.2) is 6.20 Å². The number of rotatable bonds is 4. The molecule has 1 fully saturated rings. The Labute approximate surface area is 115 Å². The predicted molar refractivity (Wildman–Crippen MR) is 70.5 cm³/mol. The second kappa shape index (κ2) is 6.12. The molecule has 0 bridgehead atoms. The van der Waals surface area contributed by atoms with Gasteiger partial charge in [-0.3, -0.25) is 10.1 Å². The van der Waals surface area contributed by atoms with Gasteiger partial charge in [0.2, 0.25) is 11.1 Å². The van der Waals surface area contributed by atoms with Crippen LogP contribution in [0, 0.1) is 16.0 Å². The van der Waals surface area contributed by atoms with Gasteiger partial charge in [0, 0.05) is 26.8 Å². The molecule has 0 radical (unpaired) electrons. The molecule has 1 aromatic heterocycles. The Morgan fingerprint density at radius 2 is 2.26 bits per heavy atom. The Bertz CT molecular complexity index is 463. The third-order valence-corrected chi connectivity index (χ3v) is 3.42. The van der Waals surface area contributed by atoms with Crippen LogP contribution in [-0.2, 0) is 4.74 Å². The molecule has 104 valence electrons. The number of ether oxygens (including phenoxy) is 1. The molecule has 19 heavy (non-hydrogen) atoms. The monoisotopic (exact) mass is 286 g/mol. The predicted octanol–water partition coefficient (Wildman–Crippen LogP) is 1.90. The van der Waals surface area contributed by atoms with Gasteiger partial charge in [0.15, 0.2) is 0 Å². The highest BCUT2D eigenvalue weighted by Gasteiger charge is 2.26. The average Bonchev–Trinajstić information content (AvgIpc) is 2.39. The zero-order chi connectivity index (χ0) is 13.8. The molecule has 0 amide bonds. The van der Waals surface area contributed by atoms with E-state index in [1.807, 2.05) is 4.90 Å². The molecule has 8 heteroatoms. The summed E-state index contributed by atoms with van der Waals surface area (Å²) in [4.78, 5) is 20.0. The maximum atomic E-state index is 11.0. The minimum absolute atomic E-state index is 0.0274. The zero-order valence-electron chi connectivity index (χ0n) is 10.6. The average molecular weight is 287 g/mol. The first-order valence-electron chi connectivity index (χ1n) is 6.02. The molecule has 0 saturated carbocycles. The zero-order valence-corrected chi connectivity index (χ0v) is 11.3. The minimum atomic E-state index is -0.479. The van der Waals surface area contributed by atoms with Crippen molar-refractivity contribution in [3.8, 4) is 0 Å². The van der Waals surface area contributed by atoms with Crippen LogP contribution >= 0.6 is 11.6 Å². The van der Waals surface area contributed by atoms with E-state index in [-0.39, 0.29) is 11.0 Å². The van der Waals surface area contributed by atoms with E-state index in [2.05, 4.69) is 9.97 Å². The van der Waals surface area contributed by atoms with Gasteiger partial charge in [0.1, 0.15) is 6.20 Å². The molecule has 0 spiro atoms. The van der Waals surface area contributed by atoms with Gasteiger partial charge in [-0.1, -0.05) is 0 Å². The molecule has 0 atom stereocenters. The van der Waals surface area contributed by atoms with Crippen molar-refractivity contribution in [2.45, 2.75) is 12.8 Å². The number of hydrogen-bond acceptors (Lipinski definition) is 6. The van der Waals surface area contributed by atoms with Gasteiger partial charge in [0.05, 0.1) is 4.92 Å². The fourth-order valence-electron chi connectivity index (χ4n) is 2.25. The molecule has 0 N–H and O–H groups in total. The molecule has 0 aromatic carbocycles. The molecular formula is C11H15ClN4O3. The molecule has 0 unspecified atom stereocenters. The van der Waals surface area contributed by atoms with Crippen molar-refractivity contribution in [3.05, 3.63) is 21.6 Å². The van der Waals surface area contributed by atoms with E-state index in [1.165, 1.54) is 0 Å². The number of anilines is 1. The lowest BCUT2D eigenvalue weighted by molar-refractivity contribution is -0.384. The van der Waals surface area contributed by atoms with E-state index in [0.29, 0.717) is 24.8 Å². The molecule has 0 aliphatic carbocycles. The van der Waals surface area contributed by atoms with Crippen molar-refractivity contribution in [1.82, 2.24) is 9.97 Å². The van der Waals surface area contributed by atoms with Gasteiger partial charge >= 0.3 is 5.69 Å². The first-order chi connectivity index (χ1) is 9.11. The van der Waals surface area contributed by atoms with E-state index in [0.717, 1.165) is 25.6 Å². The second-order valence-electron chi connectivity index (χ2n) is 4.49. The molecule has 2 rings (SSSR count). The lowest BCUT2D eigenvalue weighted by Crippen LogP contribution is -2.36. The van der Waals surface area contributed by atoms with Crippen LogP contribution in [0.5, 0.6) is 0 Å². The van der Waals surface area contributed by atoms with E-state index in [4.69, 9.17) is 16.3 Å². The number of nitro groups is 1. The summed E-state index contributed by atoms with van der Waals surface area (Å²) in [6.07, 6.45) is 3.01. The van der Waals surface area contributed by atoms with Crippen LogP contribution in [0.4, 0.5) is 11.5 Å². The van der Waals surface area contributed by atoms with Gasteiger partial charge < -0.3 is 9.64 Å². The van der Waals surface area contributed by atoms with Crippen LogP contribution < -0.4 is 4.90 Å². The molecule has 1 aliphatic heterocycles. The highest BCUT2D eigenvalue weighted by atomic mass is 35.5. The summed E-state index contributed by atoms with van der Waals surface area (Å²) in [6.45, 7) is 2.14.